The van der Waals surface area contributed by atoms with Crippen LogP contribution in [0.1, 0.15) is 17.3 Å². The first-order valence-corrected chi connectivity index (χ1v) is 13.7. The number of nitrogens with zero attached hydrogens (tertiary/aromatic N) is 4. The van der Waals surface area contributed by atoms with E-state index in [4.69, 9.17) is 27.8 Å². The Labute approximate surface area is 227 Å². The molecule has 6 N–H and O–H groups in total. The molecule has 2 aromatic rings. The van der Waals surface area contributed by atoms with E-state index in [1.54, 1.807) is 18.5 Å². The van der Waals surface area contributed by atoms with Crippen molar-refractivity contribution in [2.75, 3.05) is 24.6 Å². The average molecular weight is 586 g/mol. The number of nitroso groups, excluding NO2 is 1. The second-order valence-corrected chi connectivity index (χ2v) is 11.5. The number of thioether (sulfide) groups is 2. The maximum absolute atomic E-state index is 13.0. The first kappa shape index (κ1) is 27.3. The Balaban J connectivity index is 1.52. The van der Waals surface area contributed by atoms with Gasteiger partial charge in [0.2, 0.25) is 6.04 Å². The summed E-state index contributed by atoms with van der Waals surface area (Å²) in [6.45, 7) is 0.964. The highest BCUT2D eigenvalue weighted by molar-refractivity contribution is 8.06. The van der Waals surface area contributed by atoms with Crippen LogP contribution in [0.2, 0.25) is 4.34 Å². The van der Waals surface area contributed by atoms with Gasteiger partial charge in [-0.2, -0.15) is 0 Å². The van der Waals surface area contributed by atoms with E-state index >= 15 is 0 Å². The minimum atomic E-state index is -1.61. The summed E-state index contributed by atoms with van der Waals surface area (Å²) >= 11 is 9.37. The number of hydrogen-bond donors (Lipinski definition) is 4. The molecule has 2 aliphatic heterocycles. The van der Waals surface area contributed by atoms with Crippen LogP contribution < -0.4 is 16.8 Å². The molecule has 4 rings (SSSR count). The van der Waals surface area contributed by atoms with Crippen LogP contribution in [-0.2, 0) is 25.7 Å². The van der Waals surface area contributed by atoms with Gasteiger partial charge in [-0.15, -0.1) is 16.7 Å². The molecule has 2 aromatic heterocycles. The number of halogens is 1. The summed E-state index contributed by atoms with van der Waals surface area (Å²) in [5.41, 5.74) is 11.5. The highest BCUT2D eigenvalue weighted by atomic mass is 35.5. The van der Waals surface area contributed by atoms with E-state index in [9.17, 15) is 24.4 Å². The van der Waals surface area contributed by atoms with Crippen LogP contribution in [0.4, 0.5) is 5.13 Å². The minimum absolute atomic E-state index is 0.0347. The number of carbonyl (C=O) groups excluding carboxylic acids is 2. The molecule has 0 aromatic carbocycles. The topological polar surface area (TPSA) is 203 Å². The number of aromatic nitrogens is 2. The van der Waals surface area contributed by atoms with Gasteiger partial charge in [0, 0.05) is 40.1 Å². The lowest BCUT2D eigenvalue weighted by molar-refractivity contribution is -0.150. The van der Waals surface area contributed by atoms with Crippen LogP contribution in [0.3, 0.4) is 0 Å². The van der Waals surface area contributed by atoms with Gasteiger partial charge in [-0.05, 0) is 11.2 Å². The monoisotopic (exact) mass is 585 g/mol. The number of nitrogens with one attached hydrogen (secondary N) is 1. The number of hydrogen-bond acceptors (Lipinski definition) is 13. The zero-order valence-corrected chi connectivity index (χ0v) is 22.0. The zero-order chi connectivity index (χ0) is 26.7. The van der Waals surface area contributed by atoms with E-state index in [1.165, 1.54) is 23.5 Å². The Bertz CT molecular complexity index is 1270. The van der Waals surface area contributed by atoms with Crippen LogP contribution in [0, 0.1) is 4.91 Å². The van der Waals surface area contributed by atoms with Gasteiger partial charge in [0.25, 0.3) is 11.8 Å². The summed E-state index contributed by atoms with van der Waals surface area (Å²) in [4.78, 5) is 59.6. The molecule has 2 aliphatic rings. The van der Waals surface area contributed by atoms with Gasteiger partial charge in [0.05, 0.1) is 13.2 Å². The normalized spacial score (nSPS) is 19.7. The van der Waals surface area contributed by atoms with Gasteiger partial charge in [0.1, 0.15) is 27.1 Å². The molecule has 0 aliphatic carbocycles. The quantitative estimate of drug-likeness (QED) is 0.168. The summed E-state index contributed by atoms with van der Waals surface area (Å²) in [5, 5.41) is 14.6. The summed E-state index contributed by atoms with van der Waals surface area (Å²) in [6.07, 6.45) is 3.20. The number of nitrogens with two attached hydrogens (primary N) is 2. The van der Waals surface area contributed by atoms with E-state index in [0.29, 0.717) is 18.1 Å². The molecular formula is C20H20ClN7O6S3. The Morgan fingerprint density at radius 1 is 1.46 bits per heavy atom. The Morgan fingerprint density at radius 2 is 2.24 bits per heavy atom. The molecule has 0 radical (unpaired) electrons. The number of nitrogen functional groups attached to an aromatic ring is 1. The standard InChI is InChI=1S/C20H20ClN7O6S3/c21-15-11(26-20(23)37-15)12(27-33)16(29)25-13-17(30)28-14(19(31)32)10(7-35-18(13)28)36-9-1-3-24-5-8(9)6-34-4-2-22/h1,3,5,12-13,18H,2,4,6-7,22H2,(H2,23,26)(H,25,29)(H,31,32)/t12?,13-,18+/m1/s1. The summed E-state index contributed by atoms with van der Waals surface area (Å²) < 4.78 is 5.52. The zero-order valence-electron chi connectivity index (χ0n) is 18.8. The number of amides is 2. The molecule has 4 heterocycles. The molecule has 1 saturated heterocycles. The third-order valence-corrected chi connectivity index (χ3v) is 9.06. The molecule has 0 bridgehead atoms. The van der Waals surface area contributed by atoms with Crippen LogP contribution in [0.5, 0.6) is 0 Å². The SMILES string of the molecule is NCCOCc1cnccc1SC1=C(C(=O)O)N2C(=O)[C@@H](NC(=O)C(N=O)c3nc(N)sc3Cl)[C@@H]2SC1. The van der Waals surface area contributed by atoms with Crippen molar-refractivity contribution in [2.45, 2.75) is 29.0 Å². The number of aliphatic carboxylic acids is 1. The molecule has 13 nitrogen and oxygen atoms in total. The fourth-order valence-electron chi connectivity index (χ4n) is 3.64. The molecular weight excluding hydrogens is 566 g/mol. The fourth-order valence-corrected chi connectivity index (χ4v) is 7.17. The highest BCUT2D eigenvalue weighted by Crippen LogP contribution is 2.46. The maximum Gasteiger partial charge on any atom is 0.353 e. The van der Waals surface area contributed by atoms with Crippen molar-refractivity contribution in [1.29, 1.82) is 0 Å². The fraction of sp³-hybridized carbons (Fsp3) is 0.350. The van der Waals surface area contributed by atoms with Crippen molar-refractivity contribution in [3.8, 4) is 0 Å². The summed E-state index contributed by atoms with van der Waals surface area (Å²) in [7, 11) is 0. The summed E-state index contributed by atoms with van der Waals surface area (Å²) in [5.74, 6) is -2.53. The molecule has 3 atom stereocenters. The molecule has 0 saturated carbocycles. The number of carbonyl (C=O) groups is 3. The molecule has 17 heteroatoms. The lowest BCUT2D eigenvalue weighted by atomic mass is 10.0. The number of anilines is 1. The van der Waals surface area contributed by atoms with Crippen molar-refractivity contribution in [2.24, 2.45) is 10.9 Å². The third kappa shape index (κ3) is 5.58. The van der Waals surface area contributed by atoms with Crippen LogP contribution in [0.25, 0.3) is 0 Å². The number of carboxylic acid groups (broad SMARTS) is 1. The number of rotatable bonds is 11. The Kier molecular flexibility index (Phi) is 8.66. The van der Waals surface area contributed by atoms with Crippen molar-refractivity contribution in [3.05, 3.63) is 49.6 Å². The second-order valence-electron chi connectivity index (χ2n) is 7.62. The molecule has 196 valence electrons. The molecule has 0 spiro atoms. The van der Waals surface area contributed by atoms with Gasteiger partial charge < -0.3 is 26.6 Å². The van der Waals surface area contributed by atoms with E-state index in [2.05, 4.69) is 20.5 Å². The first-order valence-electron chi connectivity index (χ1n) is 10.6. The van der Waals surface area contributed by atoms with Crippen molar-refractivity contribution < 1.29 is 24.2 Å². The van der Waals surface area contributed by atoms with E-state index in [1.807, 2.05) is 0 Å². The minimum Gasteiger partial charge on any atom is -0.477 e. The lowest BCUT2D eigenvalue weighted by Crippen LogP contribution is -2.70. The Morgan fingerprint density at radius 3 is 2.89 bits per heavy atom. The van der Waals surface area contributed by atoms with E-state index < -0.39 is 35.2 Å². The third-order valence-electron chi connectivity index (χ3n) is 5.28. The molecule has 1 fully saturated rings. The van der Waals surface area contributed by atoms with Crippen molar-refractivity contribution >= 4 is 69.4 Å². The average Bonchev–Trinajstić information content (AvgIpc) is 3.20. The number of ether oxygens (including phenoxy) is 1. The van der Waals surface area contributed by atoms with Crippen LogP contribution >= 0.6 is 46.5 Å². The van der Waals surface area contributed by atoms with Gasteiger partial charge in [-0.3, -0.25) is 19.5 Å². The van der Waals surface area contributed by atoms with Gasteiger partial charge >= 0.3 is 5.97 Å². The molecule has 37 heavy (non-hydrogen) atoms. The van der Waals surface area contributed by atoms with E-state index in [-0.39, 0.29) is 33.2 Å². The van der Waals surface area contributed by atoms with Gasteiger partial charge in [-0.1, -0.05) is 34.7 Å². The van der Waals surface area contributed by atoms with Crippen molar-refractivity contribution in [1.82, 2.24) is 20.2 Å². The number of carboxylic acids is 1. The second kappa shape index (κ2) is 11.7. The number of thiazole rings is 1. The van der Waals surface area contributed by atoms with Gasteiger partial charge in [0.15, 0.2) is 5.13 Å². The predicted molar refractivity (Wildman–Crippen MR) is 139 cm³/mol. The lowest BCUT2D eigenvalue weighted by Gasteiger charge is -2.49. The van der Waals surface area contributed by atoms with Crippen LogP contribution in [0.15, 0.2) is 39.1 Å². The van der Waals surface area contributed by atoms with Crippen molar-refractivity contribution in [3.63, 3.8) is 0 Å². The first-order chi connectivity index (χ1) is 17.8. The molecule has 2 amide bonds. The number of fused-ring (bicyclic) bond motifs is 1. The van der Waals surface area contributed by atoms with Gasteiger partial charge in [-0.25, -0.2) is 9.78 Å². The van der Waals surface area contributed by atoms with Crippen LogP contribution in [-0.4, -0.2) is 68.1 Å². The number of pyridine rings is 1. The largest absolute Gasteiger partial charge is 0.477 e. The predicted octanol–water partition coefficient (Wildman–Crippen LogP) is 1.54. The highest BCUT2D eigenvalue weighted by Gasteiger charge is 2.55. The Hall–Kier alpha value is -2.76. The molecule has 1 unspecified atom stereocenters. The summed E-state index contributed by atoms with van der Waals surface area (Å²) in [6, 6.07) is -0.930. The smallest absolute Gasteiger partial charge is 0.353 e. The van der Waals surface area contributed by atoms with E-state index in [0.717, 1.165) is 26.7 Å². The number of β-lactam (4-membered cyclic amide) rings is 1. The maximum atomic E-state index is 13.0.